The Morgan fingerprint density at radius 3 is 2.61 bits per heavy atom. The Bertz CT molecular complexity index is 983. The van der Waals surface area contributed by atoms with Gasteiger partial charge in [0.05, 0.1) is 11.0 Å². The molecule has 0 amide bonds. The summed E-state index contributed by atoms with van der Waals surface area (Å²) in [6.07, 6.45) is 1.40. The molecule has 0 radical (unpaired) electrons. The van der Waals surface area contributed by atoms with Gasteiger partial charge < -0.3 is 4.18 Å². The molecule has 0 unspecified atom stereocenters. The van der Waals surface area contributed by atoms with Crippen LogP contribution < -0.4 is 5.69 Å². The van der Waals surface area contributed by atoms with Crippen molar-refractivity contribution in [2.45, 2.75) is 18.5 Å². The number of rotatable bonds is 2. The van der Waals surface area contributed by atoms with Crippen molar-refractivity contribution in [2.24, 2.45) is 7.05 Å². The molecule has 10 heteroatoms. The van der Waals surface area contributed by atoms with Gasteiger partial charge in [0.15, 0.2) is 0 Å². The first kappa shape index (κ1) is 15.7. The molecule has 2 heterocycles. The summed E-state index contributed by atoms with van der Waals surface area (Å²) in [5.41, 5.74) is -4.90. The van der Waals surface area contributed by atoms with Crippen LogP contribution in [0.15, 0.2) is 29.1 Å². The fourth-order valence-electron chi connectivity index (χ4n) is 2.55. The van der Waals surface area contributed by atoms with Crippen molar-refractivity contribution in [2.75, 3.05) is 0 Å². The van der Waals surface area contributed by atoms with E-state index in [0.717, 1.165) is 0 Å². The number of hydrogen-bond acceptors (Lipinski definition) is 4. The summed E-state index contributed by atoms with van der Waals surface area (Å²) in [4.78, 5) is 12.2. The van der Waals surface area contributed by atoms with E-state index in [1.54, 1.807) is 6.07 Å². The zero-order valence-corrected chi connectivity index (χ0v) is 12.6. The van der Waals surface area contributed by atoms with Gasteiger partial charge in [-0.15, -0.1) is 0 Å². The summed E-state index contributed by atoms with van der Waals surface area (Å²) >= 11 is 0. The maximum absolute atomic E-state index is 12.5. The summed E-state index contributed by atoms with van der Waals surface area (Å²) in [5.74, 6) is -0.426. The van der Waals surface area contributed by atoms with Crippen molar-refractivity contribution in [3.8, 4) is 0 Å². The number of hydrogen-bond donors (Lipinski definition) is 0. The monoisotopic (exact) mass is 348 g/mol. The van der Waals surface area contributed by atoms with Crippen molar-refractivity contribution in [3.05, 3.63) is 40.3 Å². The lowest BCUT2D eigenvalue weighted by Crippen LogP contribution is -2.25. The number of aromatic nitrogens is 2. The number of para-hydroxylation sites is 1. The van der Waals surface area contributed by atoms with Gasteiger partial charge in [-0.25, -0.2) is 4.79 Å². The topological polar surface area (TPSA) is 70.3 Å². The van der Waals surface area contributed by atoms with Crippen LogP contribution in [0, 0.1) is 0 Å². The Kier molecular flexibility index (Phi) is 3.32. The van der Waals surface area contributed by atoms with Gasteiger partial charge in [0.2, 0.25) is 0 Å². The molecule has 1 aliphatic heterocycles. The van der Waals surface area contributed by atoms with Gasteiger partial charge in [0, 0.05) is 19.2 Å². The van der Waals surface area contributed by atoms with Crippen LogP contribution in [0.25, 0.3) is 16.8 Å². The normalized spacial score (nSPS) is 15.4. The fourth-order valence-corrected chi connectivity index (χ4v) is 3.04. The van der Waals surface area contributed by atoms with Gasteiger partial charge in [-0.05, 0) is 24.6 Å². The van der Waals surface area contributed by atoms with Crippen LogP contribution in [0.5, 0.6) is 0 Å². The molecule has 6 nitrogen and oxygen atoms in total. The average molecular weight is 348 g/mol. The molecule has 3 rings (SSSR count). The van der Waals surface area contributed by atoms with Gasteiger partial charge in [-0.3, -0.25) is 9.13 Å². The summed E-state index contributed by atoms with van der Waals surface area (Å²) < 4.78 is 67.2. The van der Waals surface area contributed by atoms with Gasteiger partial charge in [-0.2, -0.15) is 21.6 Å². The van der Waals surface area contributed by atoms with Crippen molar-refractivity contribution in [1.29, 1.82) is 0 Å². The molecule has 0 saturated heterocycles. The van der Waals surface area contributed by atoms with Crippen molar-refractivity contribution in [1.82, 2.24) is 9.13 Å². The second kappa shape index (κ2) is 4.88. The smallest absolute Gasteiger partial charge is 0.376 e. The van der Waals surface area contributed by atoms with Crippen LogP contribution in [0.2, 0.25) is 0 Å². The molecule has 0 spiro atoms. The molecule has 1 aromatic carbocycles. The number of imidazole rings is 1. The van der Waals surface area contributed by atoms with Gasteiger partial charge >= 0.3 is 21.3 Å². The van der Waals surface area contributed by atoms with E-state index < -0.39 is 21.4 Å². The fraction of sp³-hybridized carbons (Fsp3) is 0.308. The van der Waals surface area contributed by atoms with E-state index >= 15 is 0 Å². The molecule has 0 bridgehead atoms. The number of nitrogens with zero attached hydrogens (tertiary/aromatic N) is 2. The largest absolute Gasteiger partial charge is 0.534 e. The highest BCUT2D eigenvalue weighted by Crippen LogP contribution is 2.33. The highest BCUT2D eigenvalue weighted by atomic mass is 32.2. The predicted octanol–water partition coefficient (Wildman–Crippen LogP) is 1.95. The number of allylic oxidation sites excluding steroid dienone is 1. The molecule has 23 heavy (non-hydrogen) atoms. The molecule has 1 aromatic heterocycles. The lowest BCUT2D eigenvalue weighted by molar-refractivity contribution is -0.0509. The molecule has 124 valence electrons. The zero-order valence-electron chi connectivity index (χ0n) is 11.8. The number of halogens is 3. The van der Waals surface area contributed by atoms with Gasteiger partial charge in [0.25, 0.3) is 0 Å². The summed E-state index contributed by atoms with van der Waals surface area (Å²) in [6, 6.07) is 4.56. The van der Waals surface area contributed by atoms with Crippen molar-refractivity contribution >= 4 is 26.9 Å². The quantitative estimate of drug-likeness (QED) is 0.614. The lowest BCUT2D eigenvalue weighted by atomic mass is 10.1. The molecule has 1 aliphatic rings. The molecule has 0 fully saturated rings. The van der Waals surface area contributed by atoms with E-state index in [2.05, 4.69) is 4.18 Å². The lowest BCUT2D eigenvalue weighted by Gasteiger charge is -2.12. The van der Waals surface area contributed by atoms with Gasteiger partial charge in [-0.1, -0.05) is 6.07 Å². The highest BCUT2D eigenvalue weighted by Gasteiger charge is 2.49. The molecular formula is C13H11F3N2O4S. The minimum absolute atomic E-state index is 0.130. The molecule has 0 saturated carbocycles. The second-order valence-corrected chi connectivity index (χ2v) is 6.54. The Labute approximate surface area is 128 Å². The van der Waals surface area contributed by atoms with E-state index in [1.165, 1.54) is 34.4 Å². The average Bonchev–Trinajstić information content (AvgIpc) is 2.61. The van der Waals surface area contributed by atoms with Crippen LogP contribution in [0.3, 0.4) is 0 Å². The molecule has 2 aromatic rings. The second-order valence-electron chi connectivity index (χ2n) is 5.01. The predicted molar refractivity (Wildman–Crippen MR) is 75.8 cm³/mol. The Morgan fingerprint density at radius 2 is 1.96 bits per heavy atom. The third-order valence-corrected chi connectivity index (χ3v) is 4.56. The van der Waals surface area contributed by atoms with Crippen LogP contribution >= 0.6 is 0 Å². The maximum Gasteiger partial charge on any atom is 0.534 e. The number of benzene rings is 1. The maximum atomic E-state index is 12.5. The summed E-state index contributed by atoms with van der Waals surface area (Å²) in [6.45, 7) is 0.214. The van der Waals surface area contributed by atoms with E-state index in [-0.39, 0.29) is 24.2 Å². The SMILES string of the molecule is Cn1c(=O)n2c3c(cccc31)C(OS(=O)(=O)C(F)(F)F)=CCC2. The first-order chi connectivity index (χ1) is 10.6. The van der Waals surface area contributed by atoms with E-state index in [1.807, 2.05) is 0 Å². The first-order valence-corrected chi connectivity index (χ1v) is 7.94. The van der Waals surface area contributed by atoms with E-state index in [4.69, 9.17) is 0 Å². The van der Waals surface area contributed by atoms with Crippen LogP contribution in [0.1, 0.15) is 12.0 Å². The Morgan fingerprint density at radius 1 is 1.26 bits per heavy atom. The molecule has 0 aliphatic carbocycles. The van der Waals surface area contributed by atoms with E-state index in [9.17, 15) is 26.4 Å². The standard InChI is InChI=1S/C13H11F3N2O4S/c1-17-9-5-2-4-8-10(22-23(20,21)13(14,15)16)6-3-7-18(11(8)9)12(17)19/h2,4-6H,3,7H2,1H3. The van der Waals surface area contributed by atoms with Crippen LogP contribution in [0.4, 0.5) is 13.2 Å². The highest BCUT2D eigenvalue weighted by molar-refractivity contribution is 7.87. The zero-order chi connectivity index (χ0) is 17.0. The Balaban J connectivity index is 2.22. The minimum Gasteiger partial charge on any atom is -0.376 e. The first-order valence-electron chi connectivity index (χ1n) is 6.53. The van der Waals surface area contributed by atoms with Crippen LogP contribution in [-0.2, 0) is 27.9 Å². The molecule has 0 N–H and O–H groups in total. The van der Waals surface area contributed by atoms with Crippen LogP contribution in [-0.4, -0.2) is 23.1 Å². The molecule has 0 atom stereocenters. The van der Waals surface area contributed by atoms with Crippen molar-refractivity contribution < 1.29 is 25.8 Å². The van der Waals surface area contributed by atoms with E-state index in [0.29, 0.717) is 11.0 Å². The number of alkyl halides is 3. The summed E-state index contributed by atoms with van der Waals surface area (Å²) in [5, 5.41) is 0. The number of aryl methyl sites for hydroxylation is 2. The van der Waals surface area contributed by atoms with Crippen molar-refractivity contribution in [3.63, 3.8) is 0 Å². The Hall–Kier alpha value is -2.23. The summed E-state index contributed by atoms with van der Waals surface area (Å²) in [7, 11) is -4.25. The third kappa shape index (κ3) is 2.33. The minimum atomic E-state index is -5.78. The van der Waals surface area contributed by atoms with Gasteiger partial charge in [0.1, 0.15) is 5.76 Å². The molecular weight excluding hydrogens is 337 g/mol. The third-order valence-electron chi connectivity index (χ3n) is 3.59.